The topological polar surface area (TPSA) is 190 Å². The second-order valence-electron chi connectivity index (χ2n) is 15.3. The first-order valence-corrected chi connectivity index (χ1v) is 21.0. The Morgan fingerprint density at radius 3 is 1.13 bits per heavy atom. The third kappa shape index (κ3) is 25.7. The van der Waals surface area contributed by atoms with Crippen LogP contribution < -0.4 is 51.4 Å². The average Bonchev–Trinajstić information content (AvgIpc) is 4.16. The molecule has 4 atom stereocenters. The predicted molar refractivity (Wildman–Crippen MR) is 225 cm³/mol. The van der Waals surface area contributed by atoms with Gasteiger partial charge in [0.1, 0.15) is 22.4 Å². The van der Waals surface area contributed by atoms with Crippen molar-refractivity contribution >= 4 is 0 Å². The summed E-state index contributed by atoms with van der Waals surface area (Å²) in [5, 5.41) is 30.1. The Balaban J connectivity index is 0.00000108. The van der Waals surface area contributed by atoms with Crippen LogP contribution in [0.25, 0.3) is 0 Å². The monoisotopic (exact) mass is 880 g/mol. The molecule has 0 bridgehead atoms. The summed E-state index contributed by atoms with van der Waals surface area (Å²) in [6, 6.07) is 15.8. The van der Waals surface area contributed by atoms with Crippen molar-refractivity contribution in [3.8, 4) is 0 Å². The van der Waals surface area contributed by atoms with Crippen LogP contribution in [0.1, 0.15) is 90.0 Å². The quantitative estimate of drug-likeness (QED) is 0.0569. The molecule has 60 heavy (non-hydrogen) atoms. The number of hydrogen-bond donors (Lipinski definition) is 3. The van der Waals surface area contributed by atoms with Gasteiger partial charge in [0.05, 0.1) is 106 Å². The van der Waals surface area contributed by atoms with Crippen molar-refractivity contribution in [3.63, 3.8) is 0 Å². The van der Waals surface area contributed by atoms with Crippen LogP contribution >= 0.6 is 0 Å². The second kappa shape index (κ2) is 33.9. The zero-order chi connectivity index (χ0) is 42.6. The molecule has 2 saturated heterocycles. The number of ether oxygens (including phenoxy) is 10. The van der Waals surface area contributed by atoms with Crippen molar-refractivity contribution in [3.05, 3.63) is 70.8 Å². The fraction of sp³-hybridized carbons (Fsp3) is 0.733. The second-order valence-corrected chi connectivity index (χ2v) is 15.3. The van der Waals surface area contributed by atoms with Crippen molar-refractivity contribution in [1.82, 2.24) is 0 Å². The average molecular weight is 881 g/mol. The molecule has 2 aliphatic rings. The molecule has 2 aliphatic heterocycles. The van der Waals surface area contributed by atoms with Crippen LogP contribution in [-0.4, -0.2) is 146 Å². The van der Waals surface area contributed by atoms with E-state index in [0.717, 1.165) is 52.3 Å². The van der Waals surface area contributed by atoms with Gasteiger partial charge in [-0.3, -0.25) is 0 Å². The number of aliphatic hydroxyl groups is 3. The fourth-order valence-electron chi connectivity index (χ4n) is 5.32. The summed E-state index contributed by atoms with van der Waals surface area (Å²) in [7, 11) is 0. The Labute approximate surface area is 402 Å². The molecule has 0 aliphatic carbocycles. The smallest absolute Gasteiger partial charge is 0.870 e. The molecule has 2 heterocycles. The van der Waals surface area contributed by atoms with Crippen LogP contribution in [-0.2, 0) is 69.8 Å². The van der Waals surface area contributed by atoms with Crippen LogP contribution in [0, 0.1) is 0 Å². The van der Waals surface area contributed by atoms with Crippen LogP contribution in [0.3, 0.4) is 0 Å². The van der Waals surface area contributed by atoms with Gasteiger partial charge in [0.2, 0.25) is 0 Å². The molecule has 2 aromatic carbocycles. The molecule has 342 valence electrons. The van der Waals surface area contributed by atoms with Crippen molar-refractivity contribution in [1.29, 1.82) is 0 Å². The van der Waals surface area contributed by atoms with Gasteiger partial charge in [-0.05, 0) is 81.3 Å². The molecular weight excluding hydrogens is 804 g/mol. The maximum absolute atomic E-state index is 10.9. The summed E-state index contributed by atoms with van der Waals surface area (Å²) in [6.45, 7) is 23.6. The van der Waals surface area contributed by atoms with E-state index in [2.05, 4.69) is 58.9 Å². The van der Waals surface area contributed by atoms with Gasteiger partial charge in [-0.1, -0.05) is 57.2 Å². The normalized spacial score (nSPS) is 19.6. The summed E-state index contributed by atoms with van der Waals surface area (Å²) in [5.74, 6) is 0. The first-order valence-electron chi connectivity index (χ1n) is 21.0. The molecule has 14 nitrogen and oxygen atoms in total. The van der Waals surface area contributed by atoms with E-state index in [4.69, 9.17) is 52.5 Å². The molecule has 4 rings (SSSR count). The molecule has 4 N–H and O–H groups in total. The van der Waals surface area contributed by atoms with Crippen molar-refractivity contribution in [2.75, 3.05) is 126 Å². The van der Waals surface area contributed by atoms with Crippen molar-refractivity contribution in [2.24, 2.45) is 0 Å². The summed E-state index contributed by atoms with van der Waals surface area (Å²) in [4.78, 5) is 0. The van der Waals surface area contributed by atoms with E-state index < -0.39 is 11.2 Å². The van der Waals surface area contributed by atoms with Crippen LogP contribution in [0.4, 0.5) is 0 Å². The molecule has 4 unspecified atom stereocenters. The zero-order valence-corrected chi connectivity index (χ0v) is 41.2. The van der Waals surface area contributed by atoms with Gasteiger partial charge >= 0.3 is 51.4 Å². The molecular formula is C45H77KO14. The number of benzene rings is 2. The fourth-order valence-corrected chi connectivity index (χ4v) is 5.32. The molecule has 0 amide bonds. The first-order chi connectivity index (χ1) is 27.9. The van der Waals surface area contributed by atoms with E-state index in [1.807, 2.05) is 18.2 Å². The van der Waals surface area contributed by atoms with Crippen LogP contribution in [0.5, 0.6) is 0 Å². The Hall–Kier alpha value is -0.484. The summed E-state index contributed by atoms with van der Waals surface area (Å²) in [6.07, 6.45) is 3.03. The number of rotatable bonds is 31. The van der Waals surface area contributed by atoms with Gasteiger partial charge in [-0.15, -0.1) is 0 Å². The minimum atomic E-state index is -1.20. The van der Waals surface area contributed by atoms with E-state index in [-0.39, 0.29) is 87.9 Å². The third-order valence-corrected chi connectivity index (χ3v) is 9.25. The minimum absolute atomic E-state index is 0. The number of aliphatic hydroxyl groups excluding tert-OH is 1. The standard InChI is InChI=1S/C26H46O8.C12H14O2.C7H16O3.K.H2O/c1-5-10-29-12-14-31-16-18-33-21-25(3,27)23-8-7-9-24(20-23)26(4,28)22-34-19-17-32-15-13-30-11-6-2;1-11(7-13-11)9-4-3-5-10(6-9)12(2)8-14-12;1-2-4-9-6-7-10-5-3-8;;/h7-9,20,27-28H,5-6,10-19,21-22H2,1-4H3;3-6H,7-8H2,1-2H3;8H,2-7H2,1H3;;1H2/q;;;+1;/p-1. The third-order valence-electron chi connectivity index (χ3n) is 9.25. The van der Waals surface area contributed by atoms with E-state index >= 15 is 0 Å². The molecule has 15 heteroatoms. The van der Waals surface area contributed by atoms with E-state index in [0.29, 0.717) is 83.8 Å². The first kappa shape index (κ1) is 59.5. The van der Waals surface area contributed by atoms with Crippen molar-refractivity contribution in [2.45, 2.75) is 90.1 Å². The molecule has 0 saturated carbocycles. The maximum atomic E-state index is 10.9. The van der Waals surface area contributed by atoms with E-state index in [1.54, 1.807) is 19.9 Å². The summed E-state index contributed by atoms with van der Waals surface area (Å²) >= 11 is 0. The van der Waals surface area contributed by atoms with Crippen LogP contribution in [0.15, 0.2) is 48.5 Å². The Morgan fingerprint density at radius 2 is 0.817 bits per heavy atom. The Bertz CT molecular complexity index is 1230. The van der Waals surface area contributed by atoms with Gasteiger partial charge in [-0.2, -0.15) is 0 Å². The zero-order valence-electron chi connectivity index (χ0n) is 38.0. The van der Waals surface area contributed by atoms with Crippen molar-refractivity contribution < 1.29 is 120 Å². The summed E-state index contributed by atoms with van der Waals surface area (Å²) < 4.78 is 53.8. The minimum Gasteiger partial charge on any atom is -0.870 e. The van der Waals surface area contributed by atoms with Gasteiger partial charge < -0.3 is 68.2 Å². The largest absolute Gasteiger partial charge is 1.00 e. The Kier molecular flexibility index (Phi) is 33.7. The molecule has 0 radical (unpaired) electrons. The summed E-state index contributed by atoms with van der Waals surface area (Å²) in [5.41, 5.74) is 1.40. The molecule has 2 aromatic rings. The predicted octanol–water partition coefficient (Wildman–Crippen LogP) is 2.45. The van der Waals surface area contributed by atoms with E-state index in [9.17, 15) is 10.2 Å². The SMILES string of the molecule is CC1(c2cccc(C3(C)CO3)c2)CO1.CCCOCCOCCO.CCCOCCOCCOCC(C)(O)c1cccc(C(C)(O)COCCOCCOCCC)c1.[K+].[OH-]. The van der Waals surface area contributed by atoms with Gasteiger partial charge in [0.25, 0.3) is 0 Å². The van der Waals surface area contributed by atoms with E-state index in [1.165, 1.54) is 11.1 Å². The van der Waals surface area contributed by atoms with Gasteiger partial charge in [0, 0.05) is 19.8 Å². The molecule has 0 spiro atoms. The number of hydrogen-bond acceptors (Lipinski definition) is 14. The molecule has 2 fully saturated rings. The Morgan fingerprint density at radius 1 is 0.517 bits per heavy atom. The van der Waals surface area contributed by atoms with Crippen LogP contribution in [0.2, 0.25) is 0 Å². The number of epoxide rings is 2. The maximum Gasteiger partial charge on any atom is 1.00 e. The molecule has 0 aromatic heterocycles. The van der Waals surface area contributed by atoms with Gasteiger partial charge in [0.15, 0.2) is 0 Å². The van der Waals surface area contributed by atoms with Gasteiger partial charge in [-0.25, -0.2) is 0 Å².